The fraction of sp³-hybridized carbons (Fsp3) is 0.400. The number of carbonyl (C=O) groups is 2. The van der Waals surface area contributed by atoms with Crippen LogP contribution in [0.2, 0.25) is 25.7 Å². The minimum atomic E-state index is -1.41. The molecule has 4 rings (SSSR count). The first-order valence-electron chi connectivity index (χ1n) is 15.0. The monoisotopic (exact) mass is 620 g/mol. The highest BCUT2D eigenvalue weighted by Gasteiger charge is 2.32. The Morgan fingerprint density at radius 1 is 0.932 bits per heavy atom. The van der Waals surface area contributed by atoms with Crippen LogP contribution in [0, 0.1) is 30.9 Å². The van der Waals surface area contributed by atoms with Crippen LogP contribution in [0.3, 0.4) is 0 Å². The van der Waals surface area contributed by atoms with Gasteiger partial charge in [0.2, 0.25) is 5.88 Å². The van der Waals surface area contributed by atoms with Crippen molar-refractivity contribution in [2.45, 2.75) is 85.4 Å². The Bertz CT molecular complexity index is 1610. The molecule has 0 spiro atoms. The maximum atomic E-state index is 14.2. The van der Waals surface area contributed by atoms with Crippen LogP contribution in [0.15, 0.2) is 60.7 Å². The summed E-state index contributed by atoms with van der Waals surface area (Å²) in [7, 11) is -1.41. The van der Waals surface area contributed by atoms with Crippen molar-refractivity contribution in [3.8, 4) is 5.88 Å². The van der Waals surface area contributed by atoms with Gasteiger partial charge in [-0.15, -0.1) is 0 Å². The number of nitrogens with zero attached hydrogens (tertiary/aromatic N) is 2. The van der Waals surface area contributed by atoms with Crippen LogP contribution in [-0.2, 0) is 22.7 Å². The van der Waals surface area contributed by atoms with Gasteiger partial charge in [-0.1, -0.05) is 69.0 Å². The number of ketones is 1. The predicted molar refractivity (Wildman–Crippen MR) is 171 cm³/mol. The van der Waals surface area contributed by atoms with Gasteiger partial charge in [-0.25, -0.2) is 13.3 Å². The first-order chi connectivity index (χ1) is 20.7. The summed E-state index contributed by atoms with van der Waals surface area (Å²) in [6, 6.07) is 17.9. The van der Waals surface area contributed by atoms with Crippen molar-refractivity contribution in [1.29, 1.82) is 0 Å². The van der Waals surface area contributed by atoms with Crippen molar-refractivity contribution in [3.05, 3.63) is 100 Å². The van der Waals surface area contributed by atoms with Crippen LogP contribution in [0.5, 0.6) is 5.88 Å². The molecule has 0 aliphatic carbocycles. The molecule has 0 saturated carbocycles. The van der Waals surface area contributed by atoms with Gasteiger partial charge in [0.05, 0.1) is 28.8 Å². The highest BCUT2D eigenvalue weighted by molar-refractivity contribution is 6.76. The van der Waals surface area contributed by atoms with E-state index in [0.717, 1.165) is 23.6 Å². The summed E-state index contributed by atoms with van der Waals surface area (Å²) in [5, 5.41) is 4.56. The number of aromatic nitrogens is 2. The quantitative estimate of drug-likeness (QED) is 0.0802. The topological polar surface area (TPSA) is 69.9 Å². The molecule has 0 aliphatic rings. The molecular formula is C35H42F2N2O4Si. The zero-order valence-corrected chi connectivity index (χ0v) is 27.5. The highest BCUT2D eigenvalue weighted by Crippen LogP contribution is 2.37. The molecule has 0 bridgehead atoms. The maximum absolute atomic E-state index is 14.2. The van der Waals surface area contributed by atoms with Gasteiger partial charge < -0.3 is 9.47 Å². The number of aryl methyl sites for hydroxylation is 2. The van der Waals surface area contributed by atoms with E-state index in [1.165, 1.54) is 22.7 Å². The van der Waals surface area contributed by atoms with E-state index in [4.69, 9.17) is 9.47 Å². The van der Waals surface area contributed by atoms with Crippen molar-refractivity contribution in [1.82, 2.24) is 9.61 Å². The third-order valence-corrected chi connectivity index (χ3v) is 9.72. The number of esters is 1. The van der Waals surface area contributed by atoms with Crippen LogP contribution in [0.1, 0.15) is 65.3 Å². The zero-order chi connectivity index (χ0) is 32.1. The summed E-state index contributed by atoms with van der Waals surface area (Å²) < 4.78 is 41.4. The van der Waals surface area contributed by atoms with Gasteiger partial charge >= 0.3 is 5.97 Å². The van der Waals surface area contributed by atoms with E-state index in [2.05, 4.69) is 31.7 Å². The smallest absolute Gasteiger partial charge is 0.306 e. The summed E-state index contributed by atoms with van der Waals surface area (Å²) in [6.45, 7) is 12.5. The molecule has 2 aromatic carbocycles. The number of ether oxygens (including phenoxy) is 2. The molecule has 4 aromatic rings. The lowest BCUT2D eigenvalue weighted by atomic mass is 9.78. The molecular weight excluding hydrogens is 578 g/mol. The summed E-state index contributed by atoms with van der Waals surface area (Å²) in [6.07, 6.45) is 1.82. The van der Waals surface area contributed by atoms with E-state index < -0.39 is 25.1 Å². The number of benzene rings is 2. The van der Waals surface area contributed by atoms with Crippen molar-refractivity contribution in [2.75, 3.05) is 0 Å². The van der Waals surface area contributed by atoms with Crippen molar-refractivity contribution in [2.24, 2.45) is 5.41 Å². The SMILES string of the molecule is Cc1cc(OCc2c(F)cccc2F)n2nc(C)c(C(=O)CCC(C)(CC[Si](C)(C)C)CC(=O)OCc3ccccc3)c2c1. The van der Waals surface area contributed by atoms with Crippen molar-refractivity contribution in [3.63, 3.8) is 0 Å². The fourth-order valence-corrected chi connectivity index (χ4v) is 6.63. The molecule has 2 aromatic heterocycles. The number of carbonyl (C=O) groups excluding carboxylic acids is 2. The average Bonchev–Trinajstić information content (AvgIpc) is 3.29. The van der Waals surface area contributed by atoms with Crippen LogP contribution in [0.4, 0.5) is 8.78 Å². The van der Waals surface area contributed by atoms with Crippen molar-refractivity contribution >= 4 is 25.3 Å². The molecule has 9 heteroatoms. The Labute approximate surface area is 259 Å². The third kappa shape index (κ3) is 8.62. The van der Waals surface area contributed by atoms with Crippen LogP contribution in [-0.4, -0.2) is 29.4 Å². The standard InChI is InChI=1S/C35H42F2N2O4Si/c1-24-19-30-34(25(2)38-39(30)32(20-24)42-23-27-28(36)13-10-14-29(27)37)31(40)15-16-35(3,17-18-44(4,5)6)21-33(41)43-22-26-11-8-7-9-12-26/h7-14,19-20H,15-18,21-23H2,1-6H3. The average molecular weight is 621 g/mol. The van der Waals surface area contributed by atoms with E-state index in [0.29, 0.717) is 23.2 Å². The minimum Gasteiger partial charge on any atom is -0.473 e. The lowest BCUT2D eigenvalue weighted by molar-refractivity contribution is -0.147. The van der Waals surface area contributed by atoms with Crippen LogP contribution < -0.4 is 4.74 Å². The van der Waals surface area contributed by atoms with Gasteiger partial charge in [-0.2, -0.15) is 5.10 Å². The minimum absolute atomic E-state index is 0.0777. The number of hydrogen-bond donors (Lipinski definition) is 0. The van der Waals surface area contributed by atoms with Gasteiger partial charge in [0, 0.05) is 20.6 Å². The van der Waals surface area contributed by atoms with Gasteiger partial charge in [0.1, 0.15) is 24.8 Å². The van der Waals surface area contributed by atoms with Crippen LogP contribution >= 0.6 is 0 Å². The van der Waals surface area contributed by atoms with E-state index in [-0.39, 0.29) is 49.3 Å². The highest BCUT2D eigenvalue weighted by atomic mass is 28.3. The lowest BCUT2D eigenvalue weighted by Crippen LogP contribution is -2.28. The largest absolute Gasteiger partial charge is 0.473 e. The Morgan fingerprint density at radius 3 is 2.27 bits per heavy atom. The number of pyridine rings is 1. The molecule has 6 nitrogen and oxygen atoms in total. The second kappa shape index (κ2) is 13.8. The summed E-state index contributed by atoms with van der Waals surface area (Å²) in [4.78, 5) is 26.7. The van der Waals surface area contributed by atoms with E-state index >= 15 is 0 Å². The molecule has 0 fully saturated rings. The molecule has 0 radical (unpaired) electrons. The molecule has 0 saturated heterocycles. The predicted octanol–water partition coefficient (Wildman–Crippen LogP) is 8.64. The summed E-state index contributed by atoms with van der Waals surface area (Å²) >= 11 is 0. The van der Waals surface area contributed by atoms with Gasteiger partial charge in [0.25, 0.3) is 0 Å². The van der Waals surface area contributed by atoms with E-state index in [1.54, 1.807) is 13.0 Å². The first kappa shape index (κ1) is 33.0. The Balaban J connectivity index is 1.51. The molecule has 0 N–H and O–H groups in total. The molecule has 44 heavy (non-hydrogen) atoms. The number of halogens is 2. The molecule has 0 amide bonds. The van der Waals surface area contributed by atoms with E-state index in [9.17, 15) is 18.4 Å². The molecule has 1 atom stereocenters. The molecule has 234 valence electrons. The Kier molecular flexibility index (Phi) is 10.4. The second-order valence-electron chi connectivity index (χ2n) is 13.2. The Morgan fingerprint density at radius 2 is 1.61 bits per heavy atom. The normalized spacial score (nSPS) is 13.1. The summed E-state index contributed by atoms with van der Waals surface area (Å²) in [5.74, 6) is -1.45. The zero-order valence-electron chi connectivity index (χ0n) is 26.5. The third-order valence-electron chi connectivity index (χ3n) is 7.97. The van der Waals surface area contributed by atoms with Gasteiger partial charge in [-0.05, 0) is 61.4 Å². The van der Waals surface area contributed by atoms with Gasteiger partial charge in [0.15, 0.2) is 5.78 Å². The molecule has 2 heterocycles. The number of Topliss-reactive ketones (excluding diaryl/α,β-unsaturated/α-hetero) is 1. The summed E-state index contributed by atoms with van der Waals surface area (Å²) in [5.41, 5.74) is 2.75. The fourth-order valence-electron chi connectivity index (χ4n) is 5.28. The Hall–Kier alpha value is -3.85. The number of fused-ring (bicyclic) bond motifs is 1. The van der Waals surface area contributed by atoms with Crippen LogP contribution in [0.25, 0.3) is 5.52 Å². The molecule has 0 aliphatic heterocycles. The number of rotatable bonds is 14. The van der Waals surface area contributed by atoms with Crippen molar-refractivity contribution < 1.29 is 27.8 Å². The van der Waals surface area contributed by atoms with Gasteiger partial charge in [-0.3, -0.25) is 9.59 Å². The molecule has 1 unspecified atom stereocenters. The second-order valence-corrected chi connectivity index (χ2v) is 18.9. The lowest BCUT2D eigenvalue weighted by Gasteiger charge is -2.31. The maximum Gasteiger partial charge on any atom is 0.306 e. The first-order valence-corrected chi connectivity index (χ1v) is 18.7. The van der Waals surface area contributed by atoms with E-state index in [1.807, 2.05) is 43.3 Å². The number of hydrogen-bond acceptors (Lipinski definition) is 5.